The summed E-state index contributed by atoms with van der Waals surface area (Å²) >= 11 is 0. The molecule has 1 saturated carbocycles. The van der Waals surface area contributed by atoms with E-state index in [9.17, 15) is 9.59 Å². The summed E-state index contributed by atoms with van der Waals surface area (Å²) in [5.41, 5.74) is 1.98. The Labute approximate surface area is 118 Å². The van der Waals surface area contributed by atoms with Crippen molar-refractivity contribution in [2.45, 2.75) is 31.3 Å². The molecule has 5 heteroatoms. The standard InChI is InChI=1S/C15H19N3O2/c1-17(2)11-5-3-10(4-6-11)16-13-9-14(19)18(15(13)20)12-7-8-12/h3-6,12-13,16H,7-9H2,1-2H3. The zero-order valence-corrected chi connectivity index (χ0v) is 11.8. The van der Waals surface area contributed by atoms with Crippen LogP contribution in [-0.4, -0.2) is 42.9 Å². The molecule has 1 saturated heterocycles. The second-order valence-corrected chi connectivity index (χ2v) is 5.68. The third-order valence-electron chi connectivity index (χ3n) is 3.82. The van der Waals surface area contributed by atoms with E-state index in [4.69, 9.17) is 0 Å². The summed E-state index contributed by atoms with van der Waals surface area (Å²) in [4.78, 5) is 27.5. The number of nitrogens with one attached hydrogen (secondary N) is 1. The Bertz CT molecular complexity index is 535. The van der Waals surface area contributed by atoms with Gasteiger partial charge < -0.3 is 10.2 Å². The fourth-order valence-corrected chi connectivity index (χ4v) is 2.54. The highest BCUT2D eigenvalue weighted by Gasteiger charge is 2.46. The van der Waals surface area contributed by atoms with Gasteiger partial charge in [0.25, 0.3) is 5.91 Å². The van der Waals surface area contributed by atoms with Crippen LogP contribution < -0.4 is 10.2 Å². The molecule has 1 aromatic rings. The van der Waals surface area contributed by atoms with Gasteiger partial charge in [-0.05, 0) is 37.1 Å². The molecule has 2 aliphatic rings. The van der Waals surface area contributed by atoms with Crippen LogP contribution in [0.4, 0.5) is 11.4 Å². The van der Waals surface area contributed by atoms with Crippen LogP contribution in [0.15, 0.2) is 24.3 Å². The summed E-state index contributed by atoms with van der Waals surface area (Å²) in [6, 6.07) is 7.61. The summed E-state index contributed by atoms with van der Waals surface area (Å²) in [6.07, 6.45) is 2.19. The summed E-state index contributed by atoms with van der Waals surface area (Å²) in [7, 11) is 3.96. The Balaban J connectivity index is 1.68. The van der Waals surface area contributed by atoms with Crippen molar-refractivity contribution < 1.29 is 9.59 Å². The zero-order chi connectivity index (χ0) is 14.3. The number of hydrogen-bond acceptors (Lipinski definition) is 4. The minimum Gasteiger partial charge on any atom is -0.378 e. The lowest BCUT2D eigenvalue weighted by Crippen LogP contribution is -2.36. The van der Waals surface area contributed by atoms with Crippen LogP contribution in [-0.2, 0) is 9.59 Å². The van der Waals surface area contributed by atoms with Crippen molar-refractivity contribution in [2.75, 3.05) is 24.3 Å². The molecule has 0 radical (unpaired) electrons. The van der Waals surface area contributed by atoms with Crippen LogP contribution in [0.25, 0.3) is 0 Å². The van der Waals surface area contributed by atoms with E-state index in [1.54, 1.807) is 0 Å². The van der Waals surface area contributed by atoms with Crippen LogP contribution in [0.2, 0.25) is 0 Å². The molecule has 1 aromatic carbocycles. The van der Waals surface area contributed by atoms with Crippen LogP contribution >= 0.6 is 0 Å². The largest absolute Gasteiger partial charge is 0.378 e. The normalized spacial score (nSPS) is 22.3. The van der Waals surface area contributed by atoms with Gasteiger partial charge in [-0.2, -0.15) is 0 Å². The number of nitrogens with zero attached hydrogens (tertiary/aromatic N) is 2. The lowest BCUT2D eigenvalue weighted by molar-refractivity contribution is -0.139. The minimum absolute atomic E-state index is 0.0417. The highest BCUT2D eigenvalue weighted by atomic mass is 16.2. The highest BCUT2D eigenvalue weighted by molar-refractivity contribution is 6.07. The van der Waals surface area contributed by atoms with Gasteiger partial charge in [0, 0.05) is 31.5 Å². The predicted molar refractivity (Wildman–Crippen MR) is 77.7 cm³/mol. The number of hydrogen-bond donors (Lipinski definition) is 1. The summed E-state index contributed by atoms with van der Waals surface area (Å²) in [5.74, 6) is -0.117. The van der Waals surface area contributed by atoms with E-state index in [0.717, 1.165) is 24.2 Å². The third kappa shape index (κ3) is 2.35. The molecule has 2 amide bonds. The van der Waals surface area contributed by atoms with Gasteiger partial charge in [0.2, 0.25) is 5.91 Å². The zero-order valence-electron chi connectivity index (χ0n) is 11.8. The van der Waals surface area contributed by atoms with Crippen LogP contribution in [0.3, 0.4) is 0 Å². The van der Waals surface area contributed by atoms with E-state index in [0.29, 0.717) is 0 Å². The molecule has 1 aliphatic carbocycles. The molecule has 20 heavy (non-hydrogen) atoms. The molecule has 1 aliphatic heterocycles. The van der Waals surface area contributed by atoms with Crippen LogP contribution in [0.1, 0.15) is 19.3 Å². The van der Waals surface area contributed by atoms with Gasteiger partial charge >= 0.3 is 0 Å². The van der Waals surface area contributed by atoms with Crippen molar-refractivity contribution in [2.24, 2.45) is 0 Å². The number of carbonyl (C=O) groups is 2. The first-order valence-electron chi connectivity index (χ1n) is 6.96. The maximum Gasteiger partial charge on any atom is 0.252 e. The molecular formula is C15H19N3O2. The smallest absolute Gasteiger partial charge is 0.252 e. The molecular weight excluding hydrogens is 254 g/mol. The van der Waals surface area contributed by atoms with Crippen molar-refractivity contribution in [3.8, 4) is 0 Å². The monoisotopic (exact) mass is 273 g/mol. The first kappa shape index (κ1) is 13.0. The average Bonchev–Trinajstić information content (AvgIpc) is 3.19. The lowest BCUT2D eigenvalue weighted by Gasteiger charge is -2.16. The quantitative estimate of drug-likeness (QED) is 0.844. The lowest BCUT2D eigenvalue weighted by atomic mass is 10.2. The number of anilines is 2. The highest BCUT2D eigenvalue weighted by Crippen LogP contribution is 2.32. The Kier molecular flexibility index (Phi) is 3.12. The molecule has 3 rings (SSSR count). The number of carbonyl (C=O) groups excluding carboxylic acids is 2. The van der Waals surface area contributed by atoms with Gasteiger partial charge in [-0.15, -0.1) is 0 Å². The second kappa shape index (κ2) is 4.81. The van der Waals surface area contributed by atoms with Crippen molar-refractivity contribution in [3.05, 3.63) is 24.3 Å². The Morgan fingerprint density at radius 1 is 1.15 bits per heavy atom. The van der Waals surface area contributed by atoms with E-state index in [-0.39, 0.29) is 24.3 Å². The molecule has 0 aromatic heterocycles. The van der Waals surface area contributed by atoms with E-state index >= 15 is 0 Å². The van der Waals surface area contributed by atoms with Gasteiger partial charge in [0.05, 0.1) is 6.42 Å². The Hall–Kier alpha value is -2.04. The van der Waals surface area contributed by atoms with Crippen molar-refractivity contribution >= 4 is 23.2 Å². The molecule has 0 spiro atoms. The second-order valence-electron chi connectivity index (χ2n) is 5.68. The molecule has 1 atom stereocenters. The number of imide groups is 1. The van der Waals surface area contributed by atoms with Crippen molar-refractivity contribution in [1.29, 1.82) is 0 Å². The summed E-state index contributed by atoms with van der Waals surface area (Å²) in [5, 5.41) is 3.17. The van der Waals surface area contributed by atoms with E-state index in [2.05, 4.69) is 5.32 Å². The molecule has 5 nitrogen and oxygen atoms in total. The first-order valence-corrected chi connectivity index (χ1v) is 6.96. The number of benzene rings is 1. The summed E-state index contributed by atoms with van der Waals surface area (Å²) < 4.78 is 0. The average molecular weight is 273 g/mol. The summed E-state index contributed by atoms with van der Waals surface area (Å²) in [6.45, 7) is 0. The van der Waals surface area contributed by atoms with Gasteiger partial charge in [-0.1, -0.05) is 0 Å². The fourth-order valence-electron chi connectivity index (χ4n) is 2.54. The third-order valence-corrected chi connectivity index (χ3v) is 3.82. The van der Waals surface area contributed by atoms with E-state index in [1.807, 2.05) is 43.3 Å². The Morgan fingerprint density at radius 3 is 2.35 bits per heavy atom. The molecule has 106 valence electrons. The van der Waals surface area contributed by atoms with Gasteiger partial charge in [0.15, 0.2) is 0 Å². The van der Waals surface area contributed by atoms with Gasteiger partial charge in [-0.25, -0.2) is 0 Å². The van der Waals surface area contributed by atoms with Crippen molar-refractivity contribution in [1.82, 2.24) is 4.90 Å². The topological polar surface area (TPSA) is 52.7 Å². The molecule has 0 bridgehead atoms. The van der Waals surface area contributed by atoms with Gasteiger partial charge in [0.1, 0.15) is 6.04 Å². The SMILES string of the molecule is CN(C)c1ccc(NC2CC(=O)N(C3CC3)C2=O)cc1. The maximum atomic E-state index is 12.2. The predicted octanol–water partition coefficient (Wildman–Crippen LogP) is 1.45. The fraction of sp³-hybridized carbons (Fsp3) is 0.467. The molecule has 1 heterocycles. The molecule has 1 unspecified atom stereocenters. The number of likely N-dealkylation sites (tertiary alicyclic amines) is 1. The molecule has 2 fully saturated rings. The number of amides is 2. The first-order chi connectivity index (χ1) is 9.56. The van der Waals surface area contributed by atoms with Crippen molar-refractivity contribution in [3.63, 3.8) is 0 Å². The number of rotatable bonds is 4. The maximum absolute atomic E-state index is 12.2. The van der Waals surface area contributed by atoms with E-state index in [1.165, 1.54) is 4.90 Å². The Morgan fingerprint density at radius 2 is 1.80 bits per heavy atom. The van der Waals surface area contributed by atoms with Gasteiger partial charge in [-0.3, -0.25) is 14.5 Å². The molecule has 1 N–H and O–H groups in total. The van der Waals surface area contributed by atoms with Crippen LogP contribution in [0.5, 0.6) is 0 Å². The van der Waals surface area contributed by atoms with E-state index < -0.39 is 6.04 Å². The van der Waals surface area contributed by atoms with Crippen LogP contribution in [0, 0.1) is 0 Å². The minimum atomic E-state index is -0.409.